The molecule has 3 aromatic rings. The van der Waals surface area contributed by atoms with Gasteiger partial charge in [0.2, 0.25) is 0 Å². The number of fused-ring (bicyclic) bond motifs is 1. The van der Waals surface area contributed by atoms with Crippen molar-refractivity contribution in [1.82, 2.24) is 4.98 Å². The number of ketones is 1. The molecular weight excluding hydrogens is 623 g/mol. The minimum atomic E-state index is -0.125. The quantitative estimate of drug-likeness (QED) is 0.177. The summed E-state index contributed by atoms with van der Waals surface area (Å²) in [6.45, 7) is 7.10. The van der Waals surface area contributed by atoms with Crippen LogP contribution in [0, 0.1) is 37.7 Å². The van der Waals surface area contributed by atoms with Crippen molar-refractivity contribution in [3.05, 3.63) is 77.1 Å². The number of aryl methyl sites for hydroxylation is 2. The topological polar surface area (TPSA) is 50.2 Å². The van der Waals surface area contributed by atoms with Gasteiger partial charge in [0.15, 0.2) is 5.78 Å². The molecule has 1 heterocycles. The molecule has 1 aromatic heterocycles. The van der Waals surface area contributed by atoms with Crippen molar-refractivity contribution >= 4 is 16.7 Å². The predicted molar refractivity (Wildman–Crippen MR) is 142 cm³/mol. The van der Waals surface area contributed by atoms with Crippen LogP contribution in [0.5, 0.6) is 0 Å². The van der Waals surface area contributed by atoms with Crippen molar-refractivity contribution < 1.29 is 30.0 Å². The van der Waals surface area contributed by atoms with E-state index in [1.807, 2.05) is 0 Å². The summed E-state index contributed by atoms with van der Waals surface area (Å²) < 4.78 is 0. The third kappa shape index (κ3) is 5.66. The van der Waals surface area contributed by atoms with E-state index in [2.05, 4.69) is 62.4 Å². The van der Waals surface area contributed by atoms with Gasteiger partial charge in [0, 0.05) is 26.2 Å². The molecule has 4 aliphatic rings. The Morgan fingerprint density at radius 1 is 0.972 bits per heavy atom. The van der Waals surface area contributed by atoms with Gasteiger partial charge in [0.05, 0.1) is 11.3 Å². The van der Waals surface area contributed by atoms with Crippen molar-refractivity contribution in [1.29, 1.82) is 0 Å². The Balaban J connectivity index is 0.000000338. The van der Waals surface area contributed by atoms with Crippen LogP contribution in [0.25, 0.3) is 22.2 Å². The normalized spacial score (nSPS) is 26.2. The van der Waals surface area contributed by atoms with Crippen molar-refractivity contribution in [2.75, 3.05) is 0 Å². The molecular formula is C32H36IrNO2-. The van der Waals surface area contributed by atoms with Gasteiger partial charge in [-0.25, -0.2) is 0 Å². The van der Waals surface area contributed by atoms with Gasteiger partial charge in [0.25, 0.3) is 0 Å². The molecule has 0 spiro atoms. The fourth-order valence-electron chi connectivity index (χ4n) is 7.40. The standard InChI is InChI=1S/C27H28N.C5H8O2.Ir/c1-17-7-18(2)9-23(8-17)26-5-3-22-13-24(4-6-25(22)28-26)27-14-19-10-20(15-27)12-21(11-19)16-27;1-4(6)3-5(2)7;/h3-8,13,19-21H,10-12,14-16H2,1-2H3;3,6H,1-2H3;/q-1;;/b;4-3-;. The predicted octanol–water partition coefficient (Wildman–Crippen LogP) is 7.82. The molecule has 0 amide bonds. The van der Waals surface area contributed by atoms with E-state index in [0.717, 1.165) is 34.5 Å². The first kappa shape index (κ1) is 26.8. The number of aliphatic hydroxyl groups is 1. The average Bonchev–Trinajstić information content (AvgIpc) is 2.76. The number of allylic oxidation sites excluding steroid dienone is 2. The van der Waals surface area contributed by atoms with Crippen LogP contribution in [-0.4, -0.2) is 15.9 Å². The second-order valence-electron chi connectivity index (χ2n) is 11.5. The summed E-state index contributed by atoms with van der Waals surface area (Å²) in [4.78, 5) is 15.0. The van der Waals surface area contributed by atoms with E-state index in [9.17, 15) is 4.79 Å². The van der Waals surface area contributed by atoms with Crippen molar-refractivity contribution in [2.24, 2.45) is 17.8 Å². The molecule has 1 N–H and O–H groups in total. The van der Waals surface area contributed by atoms with E-state index in [0.29, 0.717) is 5.41 Å². The molecule has 0 aliphatic heterocycles. The van der Waals surface area contributed by atoms with Crippen LogP contribution < -0.4 is 0 Å². The summed E-state index contributed by atoms with van der Waals surface area (Å²) >= 11 is 0. The zero-order chi connectivity index (χ0) is 24.7. The first-order valence-corrected chi connectivity index (χ1v) is 13.0. The number of aliphatic hydroxyl groups excluding tert-OH is 1. The summed E-state index contributed by atoms with van der Waals surface area (Å²) in [5, 5.41) is 9.66. The number of rotatable bonds is 3. The molecule has 0 saturated heterocycles. The summed E-state index contributed by atoms with van der Waals surface area (Å²) in [5.74, 6) is 2.90. The second kappa shape index (κ2) is 10.6. The number of carbonyl (C=O) groups excluding carboxylic acids is 1. The van der Waals surface area contributed by atoms with E-state index in [-0.39, 0.29) is 31.6 Å². The molecule has 36 heavy (non-hydrogen) atoms. The fraction of sp³-hybridized carbons (Fsp3) is 0.438. The van der Waals surface area contributed by atoms with Crippen LogP contribution in [0.15, 0.2) is 54.3 Å². The number of nitrogens with zero attached hydrogens (tertiary/aromatic N) is 1. The molecule has 4 saturated carbocycles. The number of hydrogen-bond donors (Lipinski definition) is 1. The number of pyridine rings is 1. The Kier molecular flexibility index (Phi) is 7.88. The van der Waals surface area contributed by atoms with Gasteiger partial charge >= 0.3 is 0 Å². The monoisotopic (exact) mass is 659 g/mol. The fourth-order valence-corrected chi connectivity index (χ4v) is 7.40. The van der Waals surface area contributed by atoms with E-state index in [4.69, 9.17) is 10.1 Å². The van der Waals surface area contributed by atoms with Gasteiger partial charge in [-0.3, -0.25) is 9.78 Å². The van der Waals surface area contributed by atoms with Crippen LogP contribution in [0.1, 0.15) is 69.1 Å². The number of benzene rings is 2. The zero-order valence-corrected chi connectivity index (χ0v) is 24.1. The minimum absolute atomic E-state index is 0. The third-order valence-electron chi connectivity index (χ3n) is 8.18. The summed E-state index contributed by atoms with van der Waals surface area (Å²) in [5.41, 5.74) is 7.74. The van der Waals surface area contributed by atoms with Gasteiger partial charge in [0.1, 0.15) is 0 Å². The van der Waals surface area contributed by atoms with Crippen LogP contribution in [0.3, 0.4) is 0 Å². The van der Waals surface area contributed by atoms with Gasteiger partial charge in [-0.1, -0.05) is 32.0 Å². The first-order valence-electron chi connectivity index (χ1n) is 13.0. The summed E-state index contributed by atoms with van der Waals surface area (Å²) in [7, 11) is 0. The Labute approximate surface area is 228 Å². The second-order valence-corrected chi connectivity index (χ2v) is 11.5. The average molecular weight is 659 g/mol. The van der Waals surface area contributed by atoms with Crippen LogP contribution in [0.4, 0.5) is 0 Å². The Bertz CT molecular complexity index is 1250. The van der Waals surface area contributed by atoms with Gasteiger partial charge in [-0.05, 0) is 104 Å². The molecule has 191 valence electrons. The molecule has 3 nitrogen and oxygen atoms in total. The molecule has 4 aliphatic carbocycles. The van der Waals surface area contributed by atoms with Crippen LogP contribution in [-0.2, 0) is 30.3 Å². The SMILES string of the molecule is CC(=O)/C=C(/C)O.Cc1[c-]c(-c2ccc3cc(C45CC6CC(CC(C6)C4)C5)ccc3n2)cc(C)c1.[Ir]. The maximum atomic E-state index is 10.0. The maximum absolute atomic E-state index is 10.0. The van der Waals surface area contributed by atoms with E-state index >= 15 is 0 Å². The summed E-state index contributed by atoms with van der Waals surface area (Å²) in [6.07, 6.45) is 9.95. The molecule has 0 atom stereocenters. The molecule has 7 rings (SSSR count). The van der Waals surface area contributed by atoms with E-state index in [1.54, 1.807) is 5.56 Å². The number of aromatic nitrogens is 1. The Hall–Kier alpha value is -2.29. The van der Waals surface area contributed by atoms with Crippen molar-refractivity contribution in [2.45, 2.75) is 71.6 Å². The molecule has 4 bridgehead atoms. The molecule has 4 heteroatoms. The van der Waals surface area contributed by atoms with Gasteiger partial charge in [-0.15, -0.1) is 34.9 Å². The Morgan fingerprint density at radius 2 is 1.61 bits per heavy atom. The Morgan fingerprint density at radius 3 is 2.14 bits per heavy atom. The van der Waals surface area contributed by atoms with E-state index in [1.165, 1.54) is 75.0 Å². The molecule has 4 fully saturated rings. The van der Waals surface area contributed by atoms with E-state index < -0.39 is 0 Å². The molecule has 2 aromatic carbocycles. The third-order valence-corrected chi connectivity index (χ3v) is 8.18. The summed E-state index contributed by atoms with van der Waals surface area (Å²) in [6, 6.07) is 19.4. The van der Waals surface area contributed by atoms with Crippen molar-refractivity contribution in [3.8, 4) is 11.3 Å². The van der Waals surface area contributed by atoms with Gasteiger partial charge in [-0.2, -0.15) is 0 Å². The zero-order valence-electron chi connectivity index (χ0n) is 21.7. The largest absolute Gasteiger partial charge is 0.512 e. The first-order chi connectivity index (χ1) is 16.7. The molecule has 0 unspecified atom stereocenters. The smallest absolute Gasteiger partial charge is 0.155 e. The van der Waals surface area contributed by atoms with Crippen LogP contribution >= 0.6 is 0 Å². The number of hydrogen-bond acceptors (Lipinski definition) is 3. The maximum Gasteiger partial charge on any atom is 0.155 e. The minimum Gasteiger partial charge on any atom is -0.512 e. The van der Waals surface area contributed by atoms with Gasteiger partial charge < -0.3 is 5.11 Å². The number of carbonyl (C=O) groups is 1. The van der Waals surface area contributed by atoms with Crippen LogP contribution in [0.2, 0.25) is 0 Å². The molecule has 1 radical (unpaired) electrons. The van der Waals surface area contributed by atoms with Crippen molar-refractivity contribution in [3.63, 3.8) is 0 Å².